The molecule has 0 aliphatic carbocycles. The summed E-state index contributed by atoms with van der Waals surface area (Å²) in [6.07, 6.45) is -15.4. The molecule has 2 saturated heterocycles. The summed E-state index contributed by atoms with van der Waals surface area (Å²) >= 11 is 0. The molecule has 2 unspecified atom stereocenters. The number of ether oxygens (including phenoxy) is 1. The molecule has 2 fully saturated rings. The van der Waals surface area contributed by atoms with Gasteiger partial charge < -0.3 is 25.0 Å². The maximum atomic E-state index is 13.6. The molecule has 14 heteroatoms. The van der Waals surface area contributed by atoms with Crippen LogP contribution in [-0.4, -0.2) is 66.2 Å². The van der Waals surface area contributed by atoms with Crippen LogP contribution >= 0.6 is 0 Å². The van der Waals surface area contributed by atoms with Crippen LogP contribution in [0.5, 0.6) is 0 Å². The Morgan fingerprint density at radius 1 is 1.19 bits per heavy atom. The van der Waals surface area contributed by atoms with Crippen molar-refractivity contribution < 1.29 is 45.8 Å². The van der Waals surface area contributed by atoms with Gasteiger partial charge in [0, 0.05) is 18.8 Å². The second-order valence-electron chi connectivity index (χ2n) is 7.23. The zero-order chi connectivity index (χ0) is 23.8. The van der Waals surface area contributed by atoms with Gasteiger partial charge in [-0.2, -0.15) is 31.6 Å². The van der Waals surface area contributed by atoms with Crippen molar-refractivity contribution in [2.24, 2.45) is 0 Å². The summed E-state index contributed by atoms with van der Waals surface area (Å²) in [5, 5.41) is 19.8. The first kappa shape index (κ1) is 23.5. The minimum Gasteiger partial charge on any atom is -0.465 e. The molecule has 3 atom stereocenters. The Kier molecular flexibility index (Phi) is 6.14. The fraction of sp³-hybridized carbons (Fsp3) is 0.500. The zero-order valence-electron chi connectivity index (χ0n) is 16.1. The molecule has 1 aromatic carbocycles. The van der Waals surface area contributed by atoms with Crippen molar-refractivity contribution in [3.05, 3.63) is 29.3 Å². The van der Waals surface area contributed by atoms with Crippen LogP contribution in [0.25, 0.3) is 0 Å². The third-order valence-corrected chi connectivity index (χ3v) is 5.08. The van der Waals surface area contributed by atoms with Crippen molar-refractivity contribution in [2.75, 3.05) is 24.5 Å². The number of rotatable bonds is 3. The minimum absolute atomic E-state index is 0.0727. The molecule has 0 spiro atoms. The first-order valence-electron chi connectivity index (χ1n) is 9.19. The van der Waals surface area contributed by atoms with Gasteiger partial charge in [0.1, 0.15) is 0 Å². The number of nitriles is 1. The van der Waals surface area contributed by atoms with Crippen molar-refractivity contribution >= 4 is 17.7 Å². The van der Waals surface area contributed by atoms with E-state index in [-0.39, 0.29) is 19.5 Å². The first-order valence-corrected chi connectivity index (χ1v) is 9.19. The van der Waals surface area contributed by atoms with Crippen molar-refractivity contribution in [1.82, 2.24) is 10.2 Å². The molecule has 0 saturated carbocycles. The maximum absolute atomic E-state index is 13.6. The third kappa shape index (κ3) is 4.82. The minimum atomic E-state index is -5.03. The van der Waals surface area contributed by atoms with E-state index >= 15 is 0 Å². The molecule has 2 amide bonds. The Balaban J connectivity index is 1.85. The molecule has 1 aromatic rings. The van der Waals surface area contributed by atoms with Crippen LogP contribution < -0.4 is 10.2 Å². The normalized spacial score (nSPS) is 23.8. The lowest BCUT2D eigenvalue weighted by molar-refractivity contribution is -0.214. The van der Waals surface area contributed by atoms with Gasteiger partial charge in [0.05, 0.1) is 29.8 Å². The van der Waals surface area contributed by atoms with E-state index in [2.05, 4.69) is 5.32 Å². The smallest absolute Gasteiger partial charge is 0.433 e. The standard InChI is InChI=1S/C18H16F6N4O4/c19-17(20,21)12-5-11(2-1-9(12)6-25)28-8-13(32-15(28)18(22,23)24)14(29)27-4-3-10(7-27)26-16(30)31/h1-2,5,10,13,15,26H,3-4,7-8H2,(H,30,31)/t10?,13?,15-/m1/s1. The molecule has 2 aliphatic heterocycles. The van der Waals surface area contributed by atoms with E-state index in [0.717, 1.165) is 17.0 Å². The van der Waals surface area contributed by atoms with Gasteiger partial charge in [0.15, 0.2) is 6.10 Å². The number of nitrogens with one attached hydrogen (secondary N) is 1. The highest BCUT2D eigenvalue weighted by Gasteiger charge is 2.53. The van der Waals surface area contributed by atoms with E-state index in [4.69, 9.17) is 15.1 Å². The summed E-state index contributed by atoms with van der Waals surface area (Å²) in [5.41, 5.74) is -2.68. The topological polar surface area (TPSA) is 106 Å². The largest absolute Gasteiger partial charge is 0.465 e. The van der Waals surface area contributed by atoms with Crippen LogP contribution in [0.2, 0.25) is 0 Å². The fourth-order valence-corrected chi connectivity index (χ4v) is 3.68. The number of carbonyl (C=O) groups is 2. The lowest BCUT2D eigenvalue weighted by atomic mass is 10.1. The average molecular weight is 466 g/mol. The summed E-state index contributed by atoms with van der Waals surface area (Å²) in [4.78, 5) is 25.0. The summed E-state index contributed by atoms with van der Waals surface area (Å²) in [7, 11) is 0. The van der Waals surface area contributed by atoms with E-state index < -0.39 is 66.1 Å². The zero-order valence-corrected chi connectivity index (χ0v) is 16.1. The van der Waals surface area contributed by atoms with Crippen LogP contribution in [-0.2, 0) is 15.7 Å². The quantitative estimate of drug-likeness (QED) is 0.664. The number of likely N-dealkylation sites (tertiary alicyclic amines) is 1. The Hall–Kier alpha value is -3.21. The maximum Gasteiger partial charge on any atom is 0.433 e. The van der Waals surface area contributed by atoms with Crippen molar-refractivity contribution in [3.63, 3.8) is 0 Å². The van der Waals surface area contributed by atoms with Crippen LogP contribution in [0.4, 0.5) is 36.8 Å². The SMILES string of the molecule is N#Cc1ccc(N2CC(C(=O)N3CCC(NC(=O)O)C3)O[C@@H]2C(F)(F)F)cc1C(F)(F)F. The van der Waals surface area contributed by atoms with E-state index in [0.29, 0.717) is 11.0 Å². The molecule has 3 rings (SSSR count). The van der Waals surface area contributed by atoms with Crippen LogP contribution in [0.3, 0.4) is 0 Å². The molecule has 174 valence electrons. The molecule has 8 nitrogen and oxygen atoms in total. The van der Waals surface area contributed by atoms with Crippen LogP contribution in [0.15, 0.2) is 18.2 Å². The summed E-state index contributed by atoms with van der Waals surface area (Å²) < 4.78 is 85.3. The number of nitrogens with zero attached hydrogens (tertiary/aromatic N) is 3. The van der Waals surface area contributed by atoms with Gasteiger partial charge in [0.25, 0.3) is 5.91 Å². The number of carbonyl (C=O) groups excluding carboxylic acids is 1. The lowest BCUT2D eigenvalue weighted by Crippen LogP contribution is -2.42. The Bertz CT molecular complexity index is 945. The highest BCUT2D eigenvalue weighted by Crippen LogP contribution is 2.39. The van der Waals surface area contributed by atoms with Gasteiger partial charge >= 0.3 is 18.4 Å². The molecular formula is C18H16F6N4O4. The number of carboxylic acid groups (broad SMARTS) is 1. The molecule has 2 N–H and O–H groups in total. The highest BCUT2D eigenvalue weighted by atomic mass is 19.4. The molecular weight excluding hydrogens is 450 g/mol. The number of anilines is 1. The van der Waals surface area contributed by atoms with Crippen LogP contribution in [0, 0.1) is 11.3 Å². The number of benzene rings is 1. The summed E-state index contributed by atoms with van der Waals surface area (Å²) in [6.45, 7) is -0.675. The van der Waals surface area contributed by atoms with E-state index in [1.54, 1.807) is 0 Å². The van der Waals surface area contributed by atoms with Gasteiger partial charge in [0.2, 0.25) is 6.23 Å². The molecule has 2 aliphatic rings. The number of amides is 2. The molecule has 2 heterocycles. The molecule has 0 radical (unpaired) electrons. The van der Waals surface area contributed by atoms with Gasteiger partial charge in [-0.1, -0.05) is 0 Å². The number of alkyl halides is 6. The first-order chi connectivity index (χ1) is 14.8. The monoisotopic (exact) mass is 466 g/mol. The second-order valence-corrected chi connectivity index (χ2v) is 7.23. The molecule has 0 aromatic heterocycles. The van der Waals surface area contributed by atoms with Crippen molar-refractivity contribution in [2.45, 2.75) is 37.1 Å². The number of hydrogen-bond donors (Lipinski definition) is 2. The van der Waals surface area contributed by atoms with E-state index in [1.165, 1.54) is 6.07 Å². The number of hydrogen-bond acceptors (Lipinski definition) is 5. The predicted octanol–water partition coefficient (Wildman–Crippen LogP) is 2.54. The van der Waals surface area contributed by atoms with Crippen molar-refractivity contribution in [3.8, 4) is 6.07 Å². The number of halogens is 6. The van der Waals surface area contributed by atoms with Crippen LogP contribution in [0.1, 0.15) is 17.5 Å². The van der Waals surface area contributed by atoms with Gasteiger partial charge in [-0.25, -0.2) is 4.79 Å². The average Bonchev–Trinajstić information content (AvgIpc) is 3.33. The lowest BCUT2D eigenvalue weighted by Gasteiger charge is -2.27. The molecule has 0 bridgehead atoms. The molecule has 32 heavy (non-hydrogen) atoms. The fourth-order valence-electron chi connectivity index (χ4n) is 3.68. The second kappa shape index (κ2) is 8.38. The Morgan fingerprint density at radius 3 is 2.44 bits per heavy atom. The van der Waals surface area contributed by atoms with Gasteiger partial charge in [-0.05, 0) is 24.6 Å². The predicted molar refractivity (Wildman–Crippen MR) is 94.4 cm³/mol. The van der Waals surface area contributed by atoms with Gasteiger partial charge in [-0.3, -0.25) is 4.79 Å². The van der Waals surface area contributed by atoms with Gasteiger partial charge in [-0.15, -0.1) is 0 Å². The summed E-state index contributed by atoms with van der Waals surface area (Å²) in [5.74, 6) is -0.832. The Morgan fingerprint density at radius 2 is 1.88 bits per heavy atom. The highest BCUT2D eigenvalue weighted by molar-refractivity contribution is 5.83. The van der Waals surface area contributed by atoms with E-state index in [9.17, 15) is 35.9 Å². The van der Waals surface area contributed by atoms with Crippen molar-refractivity contribution in [1.29, 1.82) is 5.26 Å². The summed E-state index contributed by atoms with van der Waals surface area (Å²) in [6, 6.07) is 2.83. The van der Waals surface area contributed by atoms with E-state index in [1.807, 2.05) is 0 Å². The Labute approximate surface area is 176 Å². The third-order valence-electron chi connectivity index (χ3n) is 5.08.